The topological polar surface area (TPSA) is 290 Å². The monoisotopic (exact) mass is 672 g/mol. The van der Waals surface area contributed by atoms with E-state index in [2.05, 4.69) is 30.3 Å². The molecular weight excluding hydrogens is 628 g/mol. The molecule has 1 aliphatic heterocycles. The van der Waals surface area contributed by atoms with Crippen molar-refractivity contribution < 1.29 is 42.9 Å². The molecule has 0 spiro atoms. The number of nitrogen functional groups attached to an aromatic ring is 1. The Bertz CT molecular complexity index is 1470. The lowest BCUT2D eigenvalue weighted by molar-refractivity contribution is -0.151. The Balaban J connectivity index is 1.59. The number of anilines is 2. The highest BCUT2D eigenvalue weighted by Gasteiger charge is 2.49. The van der Waals surface area contributed by atoms with E-state index in [1.54, 1.807) is 13.8 Å². The molecule has 3 heterocycles. The van der Waals surface area contributed by atoms with Gasteiger partial charge in [-0.15, -0.1) is 0 Å². The molecule has 1 fully saturated rings. The number of aliphatic carboxylic acids is 1. The fraction of sp³-hybridized carbons (Fsp3) is 0.692. The molecule has 0 aromatic carbocycles. The van der Waals surface area contributed by atoms with E-state index in [0.717, 1.165) is 6.26 Å². The van der Waals surface area contributed by atoms with Gasteiger partial charge in [0.05, 0.1) is 12.6 Å². The van der Waals surface area contributed by atoms with Gasteiger partial charge < -0.3 is 47.1 Å². The highest BCUT2D eigenvalue weighted by molar-refractivity contribution is 7.88. The molecule has 10 N–H and O–H groups in total. The Hall–Kier alpha value is -3.69. The zero-order chi connectivity index (χ0) is 34.2. The second kappa shape index (κ2) is 16.2. The molecule has 258 valence electrons. The van der Waals surface area contributed by atoms with Crippen LogP contribution in [-0.4, -0.2) is 129 Å². The minimum absolute atomic E-state index is 0.00439. The van der Waals surface area contributed by atoms with Crippen molar-refractivity contribution in [1.29, 1.82) is 0 Å². The third-order valence-electron chi connectivity index (χ3n) is 7.28. The zero-order valence-electron chi connectivity index (χ0n) is 26.0. The highest BCUT2D eigenvalue weighted by Crippen LogP contribution is 2.33. The van der Waals surface area contributed by atoms with Crippen LogP contribution in [0.25, 0.3) is 11.2 Å². The van der Waals surface area contributed by atoms with Crippen molar-refractivity contribution in [3.05, 3.63) is 6.33 Å². The predicted octanol–water partition coefficient (Wildman–Crippen LogP) is -2.30. The Morgan fingerprint density at radius 1 is 1.11 bits per heavy atom. The van der Waals surface area contributed by atoms with E-state index < -0.39 is 52.5 Å². The molecule has 3 rings (SSSR count). The van der Waals surface area contributed by atoms with E-state index in [-0.39, 0.29) is 67.4 Å². The molecule has 5 atom stereocenters. The van der Waals surface area contributed by atoms with Crippen LogP contribution in [0.5, 0.6) is 0 Å². The second-order valence-corrected chi connectivity index (χ2v) is 13.1. The number of hydrogen-bond donors (Lipinski definition) is 8. The first-order valence-electron chi connectivity index (χ1n) is 14.9. The number of hydrogen-bond acceptors (Lipinski definition) is 14. The number of aromatic nitrogens is 4. The summed E-state index contributed by atoms with van der Waals surface area (Å²) in [7, 11) is -3.22. The van der Waals surface area contributed by atoms with Gasteiger partial charge in [0, 0.05) is 38.6 Å². The van der Waals surface area contributed by atoms with E-state index in [4.69, 9.17) is 21.3 Å². The first-order chi connectivity index (χ1) is 21.6. The maximum atomic E-state index is 13.3. The van der Waals surface area contributed by atoms with Crippen LogP contribution >= 0.6 is 0 Å². The van der Waals surface area contributed by atoms with Crippen molar-refractivity contribution in [3.8, 4) is 0 Å². The van der Waals surface area contributed by atoms with Crippen molar-refractivity contribution in [2.24, 2.45) is 5.73 Å². The Labute approximate surface area is 266 Å². The maximum Gasteiger partial charge on any atom is 0.320 e. The molecule has 1 aliphatic rings. The van der Waals surface area contributed by atoms with Crippen LogP contribution in [-0.2, 0) is 29.1 Å². The number of rotatable bonds is 18. The van der Waals surface area contributed by atoms with Gasteiger partial charge in [-0.2, -0.15) is 9.97 Å². The molecule has 0 aliphatic carbocycles. The van der Waals surface area contributed by atoms with E-state index in [1.165, 1.54) is 15.8 Å². The molecule has 0 radical (unpaired) electrons. The third-order valence-corrected chi connectivity index (χ3v) is 8.01. The number of unbranched alkanes of at least 4 members (excludes halogenated alkanes) is 2. The van der Waals surface area contributed by atoms with Gasteiger partial charge in [0.15, 0.2) is 23.8 Å². The van der Waals surface area contributed by atoms with Crippen LogP contribution in [0.2, 0.25) is 0 Å². The summed E-state index contributed by atoms with van der Waals surface area (Å²) in [4.78, 5) is 50.7. The molecule has 19 nitrogen and oxygen atoms in total. The first-order valence-corrected chi connectivity index (χ1v) is 16.8. The SMILES string of the molecule is CC(C)N(CC[C@H](N)C(=O)O)C(=O)[C@H]1OC(n2cnc3c(N)nc(NCCNC(=O)CCCCCNS(C)(=O)=O)nc32)[C@H](O)[C@@H]1O. The van der Waals surface area contributed by atoms with Gasteiger partial charge in [-0.05, 0) is 33.1 Å². The largest absolute Gasteiger partial charge is 0.480 e. The zero-order valence-corrected chi connectivity index (χ0v) is 26.8. The summed E-state index contributed by atoms with van der Waals surface area (Å²) in [6, 6.07) is -1.56. The van der Waals surface area contributed by atoms with E-state index >= 15 is 0 Å². The van der Waals surface area contributed by atoms with E-state index in [9.17, 15) is 33.0 Å². The van der Waals surface area contributed by atoms with Crippen LogP contribution in [0, 0.1) is 0 Å². The van der Waals surface area contributed by atoms with Crippen molar-refractivity contribution in [2.45, 2.75) is 82.6 Å². The lowest BCUT2D eigenvalue weighted by atomic mass is 10.1. The van der Waals surface area contributed by atoms with Gasteiger partial charge in [-0.25, -0.2) is 18.1 Å². The Morgan fingerprint density at radius 3 is 2.48 bits per heavy atom. The van der Waals surface area contributed by atoms with E-state index in [0.29, 0.717) is 25.8 Å². The number of carboxylic acid groups (broad SMARTS) is 1. The van der Waals surface area contributed by atoms with E-state index in [1.807, 2.05) is 0 Å². The quantitative estimate of drug-likeness (QED) is 0.0773. The molecule has 0 bridgehead atoms. The van der Waals surface area contributed by atoms with Crippen molar-refractivity contribution >= 4 is 50.7 Å². The fourth-order valence-electron chi connectivity index (χ4n) is 4.79. The van der Waals surface area contributed by atoms with Crippen molar-refractivity contribution in [2.75, 3.05) is 43.5 Å². The summed E-state index contributed by atoms with van der Waals surface area (Å²) in [6.07, 6.45) is -1.34. The smallest absolute Gasteiger partial charge is 0.320 e. The summed E-state index contributed by atoms with van der Waals surface area (Å²) < 4.78 is 31.7. The number of nitrogens with one attached hydrogen (secondary N) is 3. The number of nitrogens with zero attached hydrogens (tertiary/aromatic N) is 5. The Morgan fingerprint density at radius 2 is 1.83 bits per heavy atom. The molecule has 2 aromatic rings. The number of carboxylic acids is 1. The number of carbonyl (C=O) groups is 3. The maximum absolute atomic E-state index is 13.3. The first kappa shape index (κ1) is 36.8. The summed E-state index contributed by atoms with van der Waals surface area (Å²) in [6.45, 7) is 4.25. The van der Waals surface area contributed by atoms with Gasteiger partial charge >= 0.3 is 5.97 Å². The molecule has 2 aromatic heterocycles. The molecule has 20 heteroatoms. The number of amides is 2. The number of sulfonamides is 1. The third kappa shape index (κ3) is 9.90. The summed E-state index contributed by atoms with van der Waals surface area (Å²) in [5, 5.41) is 36.5. The summed E-state index contributed by atoms with van der Waals surface area (Å²) in [5.74, 6) is -1.90. The molecule has 1 saturated heterocycles. The van der Waals surface area contributed by atoms with Gasteiger partial charge in [-0.1, -0.05) is 6.42 Å². The number of ether oxygens (including phenoxy) is 1. The minimum atomic E-state index is -3.22. The van der Waals surface area contributed by atoms with Crippen molar-refractivity contribution in [1.82, 2.24) is 34.5 Å². The van der Waals surface area contributed by atoms with Crippen LogP contribution in [0.3, 0.4) is 0 Å². The van der Waals surface area contributed by atoms with Crippen LogP contribution in [0.1, 0.15) is 52.2 Å². The number of aliphatic hydroxyl groups is 2. The molecule has 46 heavy (non-hydrogen) atoms. The predicted molar refractivity (Wildman–Crippen MR) is 166 cm³/mol. The van der Waals surface area contributed by atoms with Crippen LogP contribution < -0.4 is 26.8 Å². The summed E-state index contributed by atoms with van der Waals surface area (Å²) >= 11 is 0. The average Bonchev–Trinajstić information content (AvgIpc) is 3.52. The average molecular weight is 673 g/mol. The molecule has 2 amide bonds. The number of aliphatic hydroxyl groups excluding tert-OH is 2. The lowest BCUT2D eigenvalue weighted by Gasteiger charge is -2.30. The minimum Gasteiger partial charge on any atom is -0.480 e. The number of carbonyl (C=O) groups excluding carboxylic acids is 2. The number of fused-ring (bicyclic) bond motifs is 1. The van der Waals surface area contributed by atoms with Crippen molar-refractivity contribution in [3.63, 3.8) is 0 Å². The summed E-state index contributed by atoms with van der Waals surface area (Å²) in [5.41, 5.74) is 12.0. The van der Waals surface area contributed by atoms with Gasteiger partial charge in [0.25, 0.3) is 5.91 Å². The lowest BCUT2D eigenvalue weighted by Crippen LogP contribution is -2.49. The fourth-order valence-corrected chi connectivity index (χ4v) is 5.31. The normalized spacial score (nSPS) is 20.6. The molecule has 0 saturated carbocycles. The Kier molecular flexibility index (Phi) is 13.0. The molecular formula is C26H44N10O9S. The second-order valence-electron chi connectivity index (χ2n) is 11.3. The number of imidazole rings is 1. The van der Waals surface area contributed by atoms with Gasteiger partial charge in [0.2, 0.25) is 21.9 Å². The van der Waals surface area contributed by atoms with Gasteiger partial charge in [0.1, 0.15) is 23.8 Å². The van der Waals surface area contributed by atoms with Crippen LogP contribution in [0.4, 0.5) is 11.8 Å². The van der Waals surface area contributed by atoms with Gasteiger partial charge in [-0.3, -0.25) is 19.0 Å². The molecule has 1 unspecified atom stereocenters. The highest BCUT2D eigenvalue weighted by atomic mass is 32.2. The number of nitrogens with two attached hydrogens (primary N) is 2. The standard InChI is InChI=1S/C26H44N10O9S/c1-14(2)35(12-8-15(27)25(41)42)23(40)20-18(38)19(39)24(45-20)36-13-31-17-21(28)33-26(34-22(17)36)30-11-10-29-16(37)7-5-4-6-9-32-46(3,43)44/h13-15,18-20,24,32,38-39H,4-12,27H2,1-3H3,(H,29,37)(H,41,42)(H3,28,30,33,34)/t15-,18-,19+,20-,24?/m0/s1. The van der Waals surface area contributed by atoms with Crippen LogP contribution in [0.15, 0.2) is 6.33 Å².